The largest absolute Gasteiger partial charge is 0.392 e. The van der Waals surface area contributed by atoms with Gasteiger partial charge in [0, 0.05) is 17.7 Å². The predicted molar refractivity (Wildman–Crippen MR) is 60.8 cm³/mol. The number of benzene rings is 1. The molecule has 3 nitrogen and oxygen atoms in total. The highest BCUT2D eigenvalue weighted by Gasteiger charge is 2.14. The van der Waals surface area contributed by atoms with Gasteiger partial charge in [-0.05, 0) is 17.7 Å². The van der Waals surface area contributed by atoms with Crippen LogP contribution in [0.3, 0.4) is 0 Å². The third-order valence-corrected chi connectivity index (χ3v) is 3.31. The summed E-state index contributed by atoms with van der Waals surface area (Å²) in [6.07, 6.45) is 0.104. The van der Waals surface area contributed by atoms with Crippen molar-refractivity contribution in [2.24, 2.45) is 0 Å². The van der Waals surface area contributed by atoms with Crippen LogP contribution < -0.4 is 0 Å². The summed E-state index contributed by atoms with van der Waals surface area (Å²) in [5.41, 5.74) is 0.527. The predicted octanol–water partition coefficient (Wildman–Crippen LogP) is 1.43. The maximum Gasteiger partial charge on any atom is 0.150 e. The van der Waals surface area contributed by atoms with Crippen LogP contribution in [0, 0.1) is 5.82 Å². The fraction of sp³-hybridized carbons (Fsp3) is 0.400. The maximum absolute atomic E-state index is 12.7. The molecule has 1 atom stereocenters. The monoisotopic (exact) mass is 266 g/mol. The van der Waals surface area contributed by atoms with Crippen molar-refractivity contribution in [3.05, 3.63) is 34.6 Å². The summed E-state index contributed by atoms with van der Waals surface area (Å²) >= 11 is 5.74. The molecule has 0 fully saturated rings. The second-order valence-corrected chi connectivity index (χ2v) is 6.28. The number of aliphatic hydroxyl groups excluding tert-OH is 1. The van der Waals surface area contributed by atoms with Gasteiger partial charge in [-0.15, -0.1) is 0 Å². The average Bonchev–Trinajstić information content (AvgIpc) is 2.06. The van der Waals surface area contributed by atoms with E-state index in [4.69, 9.17) is 11.6 Å². The molecule has 1 unspecified atom stereocenters. The van der Waals surface area contributed by atoms with Crippen LogP contribution in [0.5, 0.6) is 0 Å². The van der Waals surface area contributed by atoms with E-state index >= 15 is 0 Å². The number of sulfone groups is 1. The topological polar surface area (TPSA) is 54.4 Å². The Kier molecular flexibility index (Phi) is 4.29. The lowest BCUT2D eigenvalue weighted by molar-refractivity contribution is 0.198. The summed E-state index contributed by atoms with van der Waals surface area (Å²) < 4.78 is 34.5. The van der Waals surface area contributed by atoms with E-state index in [0.29, 0.717) is 5.56 Å². The molecule has 1 aromatic rings. The maximum atomic E-state index is 12.7. The van der Waals surface area contributed by atoms with E-state index in [2.05, 4.69) is 0 Å². The first-order valence-electron chi connectivity index (χ1n) is 4.57. The quantitative estimate of drug-likeness (QED) is 0.897. The fourth-order valence-electron chi connectivity index (χ4n) is 1.35. The fourth-order valence-corrected chi connectivity index (χ4v) is 2.41. The van der Waals surface area contributed by atoms with Gasteiger partial charge in [0.25, 0.3) is 0 Å². The van der Waals surface area contributed by atoms with Crippen LogP contribution in [0.1, 0.15) is 5.56 Å². The van der Waals surface area contributed by atoms with Crippen molar-refractivity contribution in [3.8, 4) is 0 Å². The first kappa shape index (κ1) is 13.4. The Morgan fingerprint density at radius 1 is 1.50 bits per heavy atom. The molecule has 0 aromatic heterocycles. The zero-order chi connectivity index (χ0) is 12.3. The second-order valence-electron chi connectivity index (χ2n) is 3.69. The summed E-state index contributed by atoms with van der Waals surface area (Å²) in [7, 11) is -3.23. The van der Waals surface area contributed by atoms with Crippen LogP contribution in [-0.4, -0.2) is 31.6 Å². The molecule has 0 amide bonds. The van der Waals surface area contributed by atoms with E-state index in [9.17, 15) is 17.9 Å². The van der Waals surface area contributed by atoms with Gasteiger partial charge in [-0.2, -0.15) is 0 Å². The Hall–Kier alpha value is -0.650. The van der Waals surface area contributed by atoms with Gasteiger partial charge in [-0.1, -0.05) is 17.7 Å². The van der Waals surface area contributed by atoms with Crippen LogP contribution in [0.25, 0.3) is 0 Å². The molecule has 16 heavy (non-hydrogen) atoms. The molecule has 0 aliphatic heterocycles. The minimum atomic E-state index is -3.23. The van der Waals surface area contributed by atoms with E-state index in [1.807, 2.05) is 0 Å². The van der Waals surface area contributed by atoms with Crippen molar-refractivity contribution in [2.75, 3.05) is 12.0 Å². The molecule has 0 heterocycles. The molecule has 0 aliphatic rings. The molecule has 0 aliphatic carbocycles. The third kappa shape index (κ3) is 4.47. The molecular formula is C10H12ClFO3S. The first-order chi connectivity index (χ1) is 7.28. The molecule has 1 N–H and O–H groups in total. The van der Waals surface area contributed by atoms with Gasteiger partial charge in [0.05, 0.1) is 11.9 Å². The van der Waals surface area contributed by atoms with Crippen LogP contribution in [0.2, 0.25) is 5.02 Å². The Labute approximate surface area is 98.8 Å². The van der Waals surface area contributed by atoms with Crippen molar-refractivity contribution >= 4 is 21.4 Å². The van der Waals surface area contributed by atoms with E-state index in [0.717, 1.165) is 12.3 Å². The number of hydrogen-bond donors (Lipinski definition) is 1. The molecule has 6 heteroatoms. The minimum Gasteiger partial charge on any atom is -0.392 e. The Bertz CT molecular complexity index is 473. The zero-order valence-corrected chi connectivity index (χ0v) is 10.2. The van der Waals surface area contributed by atoms with Crippen molar-refractivity contribution < 1.29 is 17.9 Å². The highest BCUT2D eigenvalue weighted by atomic mass is 35.5. The molecule has 0 bridgehead atoms. The van der Waals surface area contributed by atoms with Gasteiger partial charge >= 0.3 is 0 Å². The van der Waals surface area contributed by atoms with Crippen LogP contribution >= 0.6 is 11.6 Å². The third-order valence-electron chi connectivity index (χ3n) is 1.97. The molecule has 90 valence electrons. The van der Waals surface area contributed by atoms with Gasteiger partial charge in [-0.3, -0.25) is 0 Å². The molecular weight excluding hydrogens is 255 g/mol. The minimum absolute atomic E-state index is 0.0895. The second kappa shape index (κ2) is 5.12. The lowest BCUT2D eigenvalue weighted by Gasteiger charge is -2.10. The number of halogens is 2. The van der Waals surface area contributed by atoms with Crippen molar-refractivity contribution in [1.82, 2.24) is 0 Å². The van der Waals surface area contributed by atoms with E-state index in [-0.39, 0.29) is 17.2 Å². The van der Waals surface area contributed by atoms with Gasteiger partial charge in [0.2, 0.25) is 0 Å². The average molecular weight is 267 g/mol. The summed E-state index contributed by atoms with van der Waals surface area (Å²) in [6.45, 7) is 0. The van der Waals surface area contributed by atoms with Crippen LogP contribution in [-0.2, 0) is 16.3 Å². The van der Waals surface area contributed by atoms with Crippen molar-refractivity contribution in [3.63, 3.8) is 0 Å². The molecule has 0 spiro atoms. The summed E-state index contributed by atoms with van der Waals surface area (Å²) in [5, 5.41) is 9.69. The number of hydrogen-bond acceptors (Lipinski definition) is 3. The van der Waals surface area contributed by atoms with Crippen LogP contribution in [0.15, 0.2) is 18.2 Å². The zero-order valence-electron chi connectivity index (χ0n) is 8.65. The SMILES string of the molecule is CS(=O)(=O)CC(O)Cc1ccc(F)cc1Cl. The lowest BCUT2D eigenvalue weighted by Crippen LogP contribution is -2.22. The molecule has 1 rings (SSSR count). The summed E-state index contributed by atoms with van der Waals surface area (Å²) in [6, 6.07) is 3.78. The Morgan fingerprint density at radius 3 is 2.62 bits per heavy atom. The summed E-state index contributed by atoms with van der Waals surface area (Å²) in [4.78, 5) is 0. The smallest absolute Gasteiger partial charge is 0.150 e. The van der Waals surface area contributed by atoms with E-state index < -0.39 is 21.8 Å². The molecule has 0 saturated heterocycles. The molecule has 1 aromatic carbocycles. The highest BCUT2D eigenvalue weighted by molar-refractivity contribution is 7.90. The van der Waals surface area contributed by atoms with Crippen molar-refractivity contribution in [2.45, 2.75) is 12.5 Å². The molecule has 0 radical (unpaired) electrons. The Balaban J connectivity index is 2.73. The number of aliphatic hydroxyl groups is 1. The van der Waals surface area contributed by atoms with Gasteiger partial charge < -0.3 is 5.11 Å². The highest BCUT2D eigenvalue weighted by Crippen LogP contribution is 2.19. The standard InChI is InChI=1S/C10H12ClFO3S/c1-16(14,15)6-9(13)4-7-2-3-8(12)5-10(7)11/h2-3,5,9,13H,4,6H2,1H3. The number of rotatable bonds is 4. The van der Waals surface area contributed by atoms with Gasteiger partial charge in [0.15, 0.2) is 0 Å². The molecule has 0 saturated carbocycles. The van der Waals surface area contributed by atoms with Crippen molar-refractivity contribution in [1.29, 1.82) is 0 Å². The lowest BCUT2D eigenvalue weighted by atomic mass is 10.1. The van der Waals surface area contributed by atoms with E-state index in [1.54, 1.807) is 0 Å². The first-order valence-corrected chi connectivity index (χ1v) is 7.01. The summed E-state index contributed by atoms with van der Waals surface area (Å²) in [5.74, 6) is -0.799. The van der Waals surface area contributed by atoms with E-state index in [1.165, 1.54) is 12.1 Å². The van der Waals surface area contributed by atoms with Crippen LogP contribution in [0.4, 0.5) is 4.39 Å². The van der Waals surface area contributed by atoms with Gasteiger partial charge in [0.1, 0.15) is 15.7 Å². The Morgan fingerprint density at radius 2 is 2.12 bits per heavy atom. The normalized spacial score (nSPS) is 13.8. The van der Waals surface area contributed by atoms with Gasteiger partial charge in [-0.25, -0.2) is 12.8 Å².